The van der Waals surface area contributed by atoms with Crippen molar-refractivity contribution in [3.05, 3.63) is 47.4 Å². The number of imidazole rings is 1. The second kappa shape index (κ2) is 7.28. The maximum Gasteiger partial charge on any atom is 0.188 e. The van der Waals surface area contributed by atoms with Crippen LogP contribution in [0, 0.1) is 6.92 Å². The van der Waals surface area contributed by atoms with Crippen molar-refractivity contribution in [1.29, 1.82) is 0 Å². The molecule has 1 saturated heterocycles. The van der Waals surface area contributed by atoms with Crippen LogP contribution in [0.15, 0.2) is 30.2 Å². The maximum atomic E-state index is 4.73. The Balaban J connectivity index is 1.58. The number of likely N-dealkylation sites (tertiary alicyclic amines) is 1. The summed E-state index contributed by atoms with van der Waals surface area (Å²) in [4.78, 5) is 23.3. The molecule has 2 N–H and O–H groups in total. The van der Waals surface area contributed by atoms with E-state index in [4.69, 9.17) is 4.98 Å². The fourth-order valence-electron chi connectivity index (χ4n) is 3.33. The molecule has 0 amide bonds. The molecule has 4 rings (SSSR count). The lowest BCUT2D eigenvalue weighted by Gasteiger charge is -2.35. The molecule has 1 aliphatic heterocycles. The lowest BCUT2D eigenvalue weighted by atomic mass is 9.98. The Morgan fingerprint density at radius 3 is 3.12 bits per heavy atom. The van der Waals surface area contributed by atoms with Gasteiger partial charge >= 0.3 is 0 Å². The third-order valence-corrected chi connectivity index (χ3v) is 5.10. The lowest BCUT2D eigenvalue weighted by molar-refractivity contribution is 0.135. The minimum absolute atomic E-state index is 0.301. The van der Waals surface area contributed by atoms with E-state index in [1.165, 1.54) is 12.8 Å². The molecule has 0 aromatic carbocycles. The molecule has 0 unspecified atom stereocenters. The molecule has 8 heteroatoms. The summed E-state index contributed by atoms with van der Waals surface area (Å²) in [6, 6.07) is 2.36. The van der Waals surface area contributed by atoms with E-state index in [9.17, 15) is 0 Å². The number of aryl methyl sites for hydroxylation is 1. The molecule has 0 radical (unpaired) electrons. The quantitative estimate of drug-likeness (QED) is 0.729. The van der Waals surface area contributed by atoms with Crippen LogP contribution in [0.3, 0.4) is 0 Å². The molecular formula is C17H21N7S. The highest BCUT2D eigenvalue weighted by atomic mass is 32.1. The minimum atomic E-state index is 0.301. The molecule has 0 aliphatic carbocycles. The van der Waals surface area contributed by atoms with Crippen LogP contribution in [0.25, 0.3) is 0 Å². The van der Waals surface area contributed by atoms with Crippen LogP contribution >= 0.6 is 11.3 Å². The van der Waals surface area contributed by atoms with Crippen molar-refractivity contribution in [2.24, 2.45) is 0 Å². The number of nitrogens with one attached hydrogen (secondary N) is 2. The van der Waals surface area contributed by atoms with Gasteiger partial charge in [0.2, 0.25) is 0 Å². The number of hydrogen-bond donors (Lipinski definition) is 2. The number of aromatic amines is 1. The van der Waals surface area contributed by atoms with E-state index < -0.39 is 0 Å². The van der Waals surface area contributed by atoms with Gasteiger partial charge in [0.25, 0.3) is 0 Å². The van der Waals surface area contributed by atoms with Crippen LogP contribution in [0.2, 0.25) is 0 Å². The topological polar surface area (TPSA) is 82.6 Å². The Morgan fingerprint density at radius 2 is 2.32 bits per heavy atom. The summed E-state index contributed by atoms with van der Waals surface area (Å²) < 4.78 is 0. The van der Waals surface area contributed by atoms with Crippen LogP contribution in [-0.2, 0) is 6.54 Å². The molecule has 3 aromatic heterocycles. The first-order chi connectivity index (χ1) is 12.3. The number of thiazole rings is 1. The highest BCUT2D eigenvalue weighted by Gasteiger charge is 2.26. The van der Waals surface area contributed by atoms with Crippen molar-refractivity contribution in [1.82, 2.24) is 29.8 Å². The predicted octanol–water partition coefficient (Wildman–Crippen LogP) is 3.44. The number of nitrogens with zero attached hydrogens (tertiary/aromatic N) is 5. The van der Waals surface area contributed by atoms with Gasteiger partial charge in [0.05, 0.1) is 18.1 Å². The molecule has 4 heterocycles. The van der Waals surface area contributed by atoms with Gasteiger partial charge in [0.1, 0.15) is 11.6 Å². The Hall–Kier alpha value is -2.32. The lowest BCUT2D eigenvalue weighted by Crippen LogP contribution is -2.33. The van der Waals surface area contributed by atoms with E-state index in [1.54, 1.807) is 23.9 Å². The zero-order chi connectivity index (χ0) is 17.1. The zero-order valence-corrected chi connectivity index (χ0v) is 15.0. The number of hydrogen-bond acceptors (Lipinski definition) is 7. The predicted molar refractivity (Wildman–Crippen MR) is 97.8 cm³/mol. The zero-order valence-electron chi connectivity index (χ0n) is 14.1. The van der Waals surface area contributed by atoms with E-state index in [2.05, 4.69) is 36.2 Å². The number of aromatic nitrogens is 5. The van der Waals surface area contributed by atoms with E-state index in [-0.39, 0.29) is 0 Å². The molecule has 3 aromatic rings. The molecule has 1 aliphatic rings. The fraction of sp³-hybridized carbons (Fsp3) is 0.412. The highest BCUT2D eigenvalue weighted by Crippen LogP contribution is 2.32. The average Bonchev–Trinajstić information content (AvgIpc) is 3.29. The molecular weight excluding hydrogens is 334 g/mol. The van der Waals surface area contributed by atoms with E-state index in [0.717, 1.165) is 47.7 Å². The molecule has 0 saturated carbocycles. The minimum Gasteiger partial charge on any atom is -0.347 e. The van der Waals surface area contributed by atoms with Crippen molar-refractivity contribution >= 4 is 22.3 Å². The van der Waals surface area contributed by atoms with Gasteiger partial charge in [-0.2, -0.15) is 0 Å². The summed E-state index contributed by atoms with van der Waals surface area (Å²) >= 11 is 1.56. The first kappa shape index (κ1) is 16.2. The van der Waals surface area contributed by atoms with Crippen LogP contribution in [0.5, 0.6) is 0 Å². The molecule has 0 spiro atoms. The second-order valence-corrected chi connectivity index (χ2v) is 7.14. The Kier molecular flexibility index (Phi) is 4.71. The van der Waals surface area contributed by atoms with Gasteiger partial charge in [-0.25, -0.2) is 19.9 Å². The monoisotopic (exact) mass is 355 g/mol. The Morgan fingerprint density at radius 1 is 1.36 bits per heavy atom. The highest BCUT2D eigenvalue weighted by molar-refractivity contribution is 7.13. The third kappa shape index (κ3) is 3.85. The van der Waals surface area contributed by atoms with Gasteiger partial charge in [0, 0.05) is 36.1 Å². The summed E-state index contributed by atoms with van der Waals surface area (Å²) in [6.45, 7) is 3.88. The Labute approximate surface area is 150 Å². The third-order valence-electron chi connectivity index (χ3n) is 4.41. The van der Waals surface area contributed by atoms with Gasteiger partial charge in [-0.1, -0.05) is 6.42 Å². The van der Waals surface area contributed by atoms with Crippen molar-refractivity contribution < 1.29 is 0 Å². The van der Waals surface area contributed by atoms with Gasteiger partial charge in [-0.15, -0.1) is 11.3 Å². The van der Waals surface area contributed by atoms with Crippen LogP contribution in [0.1, 0.15) is 42.5 Å². The second-order valence-electron chi connectivity index (χ2n) is 6.25. The summed E-state index contributed by atoms with van der Waals surface area (Å²) in [5.41, 5.74) is 2.21. The number of H-pyrrole nitrogens is 1. The van der Waals surface area contributed by atoms with Crippen molar-refractivity contribution in [3.63, 3.8) is 0 Å². The van der Waals surface area contributed by atoms with E-state index >= 15 is 0 Å². The SMILES string of the molecule is Cc1nc(Nc2nccs2)cc([C@H]2CCCCN2Cc2cnc[nH]2)n1. The smallest absolute Gasteiger partial charge is 0.188 e. The van der Waals surface area contributed by atoms with E-state index in [0.29, 0.717) is 6.04 Å². The molecule has 1 fully saturated rings. The largest absolute Gasteiger partial charge is 0.347 e. The van der Waals surface area contributed by atoms with Crippen LogP contribution in [-0.4, -0.2) is 36.4 Å². The van der Waals surface area contributed by atoms with Gasteiger partial charge < -0.3 is 10.3 Å². The summed E-state index contributed by atoms with van der Waals surface area (Å²) in [7, 11) is 0. The van der Waals surface area contributed by atoms with E-state index in [1.807, 2.05) is 18.5 Å². The van der Waals surface area contributed by atoms with Crippen molar-refractivity contribution in [2.75, 3.05) is 11.9 Å². The molecule has 7 nitrogen and oxygen atoms in total. The average molecular weight is 355 g/mol. The standard InChI is InChI=1S/C17H21N7S/c1-12-21-14(8-16(22-12)23-17-19-5-7-25-17)15-4-2-3-6-24(15)10-13-9-18-11-20-13/h5,7-9,11,15H,2-4,6,10H2,1H3,(H,18,20)(H,19,21,22,23)/t15-/m1/s1. The normalized spacial score (nSPS) is 18.4. The first-order valence-corrected chi connectivity index (χ1v) is 9.39. The molecule has 0 bridgehead atoms. The summed E-state index contributed by atoms with van der Waals surface area (Å²) in [5.74, 6) is 1.59. The fourth-order valence-corrected chi connectivity index (χ4v) is 3.86. The van der Waals surface area contributed by atoms with Gasteiger partial charge in [0.15, 0.2) is 5.13 Å². The first-order valence-electron chi connectivity index (χ1n) is 8.51. The van der Waals surface area contributed by atoms with Crippen molar-refractivity contribution in [3.8, 4) is 0 Å². The number of piperidine rings is 1. The molecule has 1 atom stereocenters. The summed E-state index contributed by atoms with van der Waals surface area (Å²) in [5, 5.41) is 6.08. The maximum absolute atomic E-state index is 4.73. The number of anilines is 2. The molecule has 25 heavy (non-hydrogen) atoms. The van der Waals surface area contributed by atoms with Crippen molar-refractivity contribution in [2.45, 2.75) is 38.8 Å². The number of rotatable bonds is 5. The van der Waals surface area contributed by atoms with Gasteiger partial charge in [-0.3, -0.25) is 4.90 Å². The van der Waals surface area contributed by atoms with Crippen LogP contribution < -0.4 is 5.32 Å². The van der Waals surface area contributed by atoms with Gasteiger partial charge in [-0.05, 0) is 26.3 Å². The summed E-state index contributed by atoms with van der Waals surface area (Å²) in [6.07, 6.45) is 8.98. The van der Waals surface area contributed by atoms with Crippen LogP contribution in [0.4, 0.5) is 10.9 Å². The Bertz CT molecular complexity index is 801. The molecule has 130 valence electrons.